The van der Waals surface area contributed by atoms with Gasteiger partial charge in [0.05, 0.1) is 6.61 Å². The van der Waals surface area contributed by atoms with Crippen LogP contribution in [0.15, 0.2) is 48.5 Å². The third-order valence-corrected chi connectivity index (χ3v) is 4.22. The first-order valence-electron chi connectivity index (χ1n) is 7.94. The molecule has 0 aromatic heterocycles. The zero-order chi connectivity index (χ0) is 16.2. The van der Waals surface area contributed by atoms with Crippen LogP contribution >= 0.6 is 0 Å². The van der Waals surface area contributed by atoms with Gasteiger partial charge in [-0.15, -0.1) is 0 Å². The van der Waals surface area contributed by atoms with Gasteiger partial charge in [-0.05, 0) is 49.2 Å². The highest BCUT2D eigenvalue weighted by Crippen LogP contribution is 2.26. The standard InChI is InChI=1S/C19H20FNO2/c1-2-21(18-8-4-7-17(20)12-18)19(22)15-6-3-5-14(11-15)16-9-10-23-13-16/h3-8,11-12,16H,2,9-10,13H2,1H3/t16-/m0/s1. The summed E-state index contributed by atoms with van der Waals surface area (Å²) in [7, 11) is 0. The number of ether oxygens (including phenoxy) is 1. The quantitative estimate of drug-likeness (QED) is 0.854. The normalized spacial score (nSPS) is 17.2. The molecule has 1 heterocycles. The molecule has 0 radical (unpaired) electrons. The van der Waals surface area contributed by atoms with Crippen LogP contribution in [-0.4, -0.2) is 25.7 Å². The Hall–Kier alpha value is -2.20. The maximum Gasteiger partial charge on any atom is 0.258 e. The lowest BCUT2D eigenvalue weighted by molar-refractivity contribution is 0.0988. The topological polar surface area (TPSA) is 29.5 Å². The van der Waals surface area contributed by atoms with E-state index in [4.69, 9.17) is 4.74 Å². The lowest BCUT2D eigenvalue weighted by atomic mass is 9.96. The summed E-state index contributed by atoms with van der Waals surface area (Å²) in [4.78, 5) is 14.4. The van der Waals surface area contributed by atoms with Gasteiger partial charge in [0.15, 0.2) is 0 Å². The van der Waals surface area contributed by atoms with Gasteiger partial charge in [0.25, 0.3) is 5.91 Å². The Labute approximate surface area is 135 Å². The molecule has 1 fully saturated rings. The van der Waals surface area contributed by atoms with E-state index < -0.39 is 0 Å². The van der Waals surface area contributed by atoms with Crippen LogP contribution in [-0.2, 0) is 4.74 Å². The fraction of sp³-hybridized carbons (Fsp3) is 0.316. The van der Waals surface area contributed by atoms with Gasteiger partial charge in [-0.25, -0.2) is 4.39 Å². The molecule has 0 spiro atoms. The fourth-order valence-electron chi connectivity index (χ4n) is 2.97. The summed E-state index contributed by atoms with van der Waals surface area (Å²) in [5, 5.41) is 0. The zero-order valence-corrected chi connectivity index (χ0v) is 13.2. The monoisotopic (exact) mass is 313 g/mol. The molecule has 4 heteroatoms. The number of hydrogen-bond acceptors (Lipinski definition) is 2. The highest BCUT2D eigenvalue weighted by Gasteiger charge is 2.21. The predicted molar refractivity (Wildman–Crippen MR) is 88.4 cm³/mol. The number of carbonyl (C=O) groups is 1. The average molecular weight is 313 g/mol. The molecule has 3 nitrogen and oxygen atoms in total. The molecule has 1 amide bonds. The molecular formula is C19H20FNO2. The molecule has 0 unspecified atom stereocenters. The maximum absolute atomic E-state index is 13.4. The molecule has 1 atom stereocenters. The van der Waals surface area contributed by atoms with E-state index in [9.17, 15) is 9.18 Å². The molecule has 2 aromatic carbocycles. The van der Waals surface area contributed by atoms with Crippen LogP contribution in [0.3, 0.4) is 0 Å². The van der Waals surface area contributed by atoms with Gasteiger partial charge in [0, 0.05) is 30.3 Å². The van der Waals surface area contributed by atoms with Gasteiger partial charge in [0.2, 0.25) is 0 Å². The number of nitrogens with zero attached hydrogens (tertiary/aromatic N) is 1. The van der Waals surface area contributed by atoms with Crippen molar-refractivity contribution < 1.29 is 13.9 Å². The summed E-state index contributed by atoms with van der Waals surface area (Å²) in [6.07, 6.45) is 0.985. The maximum atomic E-state index is 13.4. The Morgan fingerprint density at radius 2 is 2.09 bits per heavy atom. The number of amides is 1. The van der Waals surface area contributed by atoms with E-state index >= 15 is 0 Å². The van der Waals surface area contributed by atoms with E-state index in [0.29, 0.717) is 30.3 Å². The van der Waals surface area contributed by atoms with Gasteiger partial charge >= 0.3 is 0 Å². The Balaban J connectivity index is 1.87. The number of hydrogen-bond donors (Lipinski definition) is 0. The van der Waals surface area contributed by atoms with Crippen LogP contribution in [0.5, 0.6) is 0 Å². The van der Waals surface area contributed by atoms with Crippen molar-refractivity contribution in [1.29, 1.82) is 0 Å². The van der Waals surface area contributed by atoms with Crippen molar-refractivity contribution in [1.82, 2.24) is 0 Å². The second-order valence-corrected chi connectivity index (χ2v) is 5.72. The summed E-state index contributed by atoms with van der Waals surface area (Å²) in [5.74, 6) is -0.100. The first-order chi connectivity index (χ1) is 11.2. The van der Waals surface area contributed by atoms with Crippen molar-refractivity contribution in [3.8, 4) is 0 Å². The summed E-state index contributed by atoms with van der Waals surface area (Å²) < 4.78 is 18.9. The molecule has 0 aliphatic carbocycles. The van der Waals surface area contributed by atoms with Gasteiger partial charge in [-0.3, -0.25) is 4.79 Å². The van der Waals surface area contributed by atoms with Gasteiger partial charge in [0.1, 0.15) is 5.82 Å². The van der Waals surface area contributed by atoms with E-state index in [1.54, 1.807) is 17.0 Å². The lowest BCUT2D eigenvalue weighted by Gasteiger charge is -2.22. The van der Waals surface area contributed by atoms with E-state index in [0.717, 1.165) is 18.6 Å². The Bertz CT molecular complexity index is 695. The van der Waals surface area contributed by atoms with E-state index in [2.05, 4.69) is 0 Å². The minimum atomic E-state index is -0.342. The smallest absolute Gasteiger partial charge is 0.258 e. The van der Waals surface area contributed by atoms with Crippen LogP contribution in [0.4, 0.5) is 10.1 Å². The first kappa shape index (κ1) is 15.7. The molecule has 120 valence electrons. The molecule has 1 aliphatic heterocycles. The van der Waals surface area contributed by atoms with E-state index in [1.807, 2.05) is 31.2 Å². The molecule has 0 saturated carbocycles. The van der Waals surface area contributed by atoms with Crippen molar-refractivity contribution >= 4 is 11.6 Å². The fourth-order valence-corrected chi connectivity index (χ4v) is 2.97. The van der Waals surface area contributed by atoms with E-state index in [-0.39, 0.29) is 11.7 Å². The average Bonchev–Trinajstić information content (AvgIpc) is 3.10. The number of rotatable bonds is 4. The van der Waals surface area contributed by atoms with Gasteiger partial charge in [-0.1, -0.05) is 18.2 Å². The number of anilines is 1. The molecule has 0 bridgehead atoms. The van der Waals surface area contributed by atoms with Gasteiger partial charge in [-0.2, -0.15) is 0 Å². The second kappa shape index (κ2) is 6.92. The molecule has 1 aliphatic rings. The summed E-state index contributed by atoms with van der Waals surface area (Å²) in [6, 6.07) is 13.8. The minimum Gasteiger partial charge on any atom is -0.381 e. The van der Waals surface area contributed by atoms with Crippen molar-refractivity contribution in [2.75, 3.05) is 24.7 Å². The molecule has 0 N–H and O–H groups in total. The largest absolute Gasteiger partial charge is 0.381 e. The van der Waals surface area contributed by atoms with Crippen LogP contribution in [0, 0.1) is 5.82 Å². The van der Waals surface area contributed by atoms with Crippen LogP contribution in [0.25, 0.3) is 0 Å². The third-order valence-electron chi connectivity index (χ3n) is 4.22. The number of benzene rings is 2. The molecule has 23 heavy (non-hydrogen) atoms. The van der Waals surface area contributed by atoms with Crippen LogP contribution in [0.1, 0.15) is 35.2 Å². The van der Waals surface area contributed by atoms with Crippen molar-refractivity contribution in [2.45, 2.75) is 19.3 Å². The van der Waals surface area contributed by atoms with Crippen LogP contribution < -0.4 is 4.90 Å². The third kappa shape index (κ3) is 3.42. The summed E-state index contributed by atoms with van der Waals surface area (Å²) >= 11 is 0. The summed E-state index contributed by atoms with van der Waals surface area (Å²) in [5.41, 5.74) is 2.33. The zero-order valence-electron chi connectivity index (χ0n) is 13.2. The molecular weight excluding hydrogens is 293 g/mol. The number of carbonyl (C=O) groups excluding carboxylic acids is 1. The Morgan fingerprint density at radius 3 is 2.78 bits per heavy atom. The minimum absolute atomic E-state index is 0.112. The van der Waals surface area contributed by atoms with Gasteiger partial charge < -0.3 is 9.64 Å². The summed E-state index contributed by atoms with van der Waals surface area (Å²) in [6.45, 7) is 3.85. The lowest BCUT2D eigenvalue weighted by Crippen LogP contribution is -2.30. The predicted octanol–water partition coefficient (Wildman–Crippen LogP) is 4.00. The van der Waals surface area contributed by atoms with Crippen molar-refractivity contribution in [2.24, 2.45) is 0 Å². The highest BCUT2D eigenvalue weighted by atomic mass is 19.1. The van der Waals surface area contributed by atoms with Crippen molar-refractivity contribution in [3.63, 3.8) is 0 Å². The number of halogens is 1. The molecule has 3 rings (SSSR count). The molecule has 1 saturated heterocycles. The molecule has 2 aromatic rings. The van der Waals surface area contributed by atoms with E-state index in [1.165, 1.54) is 12.1 Å². The SMILES string of the molecule is CCN(C(=O)c1cccc([C@H]2CCOC2)c1)c1cccc(F)c1. The highest BCUT2D eigenvalue weighted by molar-refractivity contribution is 6.06. The Kier molecular flexibility index (Phi) is 4.72. The first-order valence-corrected chi connectivity index (χ1v) is 7.94. The van der Waals surface area contributed by atoms with Crippen molar-refractivity contribution in [3.05, 3.63) is 65.5 Å². The van der Waals surface area contributed by atoms with Crippen LogP contribution in [0.2, 0.25) is 0 Å². The second-order valence-electron chi connectivity index (χ2n) is 5.72. The Morgan fingerprint density at radius 1 is 1.26 bits per heavy atom.